The summed E-state index contributed by atoms with van der Waals surface area (Å²) in [5, 5.41) is 0. The lowest BCUT2D eigenvalue weighted by atomic mass is 9.28. The van der Waals surface area contributed by atoms with Crippen molar-refractivity contribution >= 4 is 103 Å². The molecule has 0 aromatic heterocycles. The first-order valence-corrected chi connectivity index (χ1v) is 24.5. The summed E-state index contributed by atoms with van der Waals surface area (Å²) >= 11 is 0. The Morgan fingerprint density at radius 3 is 1.11 bits per heavy atom. The van der Waals surface area contributed by atoms with E-state index in [4.69, 9.17) is 18.9 Å². The van der Waals surface area contributed by atoms with Gasteiger partial charge in [0.25, 0.3) is 20.1 Å². The molecule has 9 aromatic rings. The summed E-state index contributed by atoms with van der Waals surface area (Å²) in [6, 6.07) is 53.1. The van der Waals surface area contributed by atoms with Crippen LogP contribution in [0, 0.1) is 48.5 Å². The van der Waals surface area contributed by atoms with E-state index in [1.54, 1.807) is 0 Å². The summed E-state index contributed by atoms with van der Waals surface area (Å²) in [4.78, 5) is 5.09. The average Bonchev–Trinajstić information content (AvgIpc) is 3.33. The lowest BCUT2D eigenvalue weighted by Gasteiger charge is -2.48. The van der Waals surface area contributed by atoms with Crippen LogP contribution in [0.1, 0.15) is 38.9 Å². The van der Waals surface area contributed by atoms with Crippen LogP contribution < -0.4 is 77.9 Å². The minimum atomic E-state index is -0.318. The van der Waals surface area contributed by atoms with E-state index in [1.807, 2.05) is 0 Å². The number of rotatable bonds is 2. The van der Waals surface area contributed by atoms with E-state index in [2.05, 4.69) is 204 Å². The van der Waals surface area contributed by atoms with E-state index >= 15 is 0 Å². The number of nitrogens with zero attached hydrogens (tertiary/aromatic N) is 2. The lowest BCUT2D eigenvalue weighted by Crippen LogP contribution is -2.66. The van der Waals surface area contributed by atoms with Gasteiger partial charge < -0.3 is 28.7 Å². The van der Waals surface area contributed by atoms with E-state index in [0.29, 0.717) is 0 Å². The van der Waals surface area contributed by atoms with E-state index in [-0.39, 0.29) is 20.1 Å². The molecule has 0 saturated carbocycles. The maximum absolute atomic E-state index is 7.58. The van der Waals surface area contributed by atoms with Crippen LogP contribution in [-0.4, -0.2) is 20.1 Å². The van der Waals surface area contributed by atoms with Crippen molar-refractivity contribution in [1.29, 1.82) is 0 Å². The highest BCUT2D eigenvalue weighted by Gasteiger charge is 2.53. The fraction of sp³-hybridized carbons (Fsp3) is 0.115. The molecule has 0 atom stereocenters. The van der Waals surface area contributed by atoms with E-state index in [1.165, 1.54) is 44.4 Å². The van der Waals surface area contributed by atoms with Gasteiger partial charge >= 0.3 is 0 Å². The van der Waals surface area contributed by atoms with Crippen LogP contribution in [0.4, 0.5) is 34.1 Å². The van der Waals surface area contributed by atoms with Crippen LogP contribution >= 0.6 is 0 Å². The van der Waals surface area contributed by atoms with Gasteiger partial charge in [-0.15, -0.1) is 0 Å². The summed E-state index contributed by atoms with van der Waals surface area (Å²) in [7, 11) is 0. The standard InChI is InChI=1S/C61H45B3N2O4/c1-32-22-33(2)25-39(24-32)65-45-28-36(5)29-46-53(45)64(56-58(65)37(6)30-43-60(56)69-51-20-12-18-49-54(51)62(43)41-14-8-10-16-47(41)67-49)57-59(66(46)40-26-34(3)23-35(4)27-40)38(7)31-44-61(57)70-52-21-13-19-50-55(52)63(44)42-15-9-11-17-48(42)68-50/h8-31H,1-7H3. The van der Waals surface area contributed by atoms with Gasteiger partial charge in [-0.05, 0) is 198 Å². The fourth-order valence-electron chi connectivity index (χ4n) is 13.3. The van der Waals surface area contributed by atoms with Gasteiger partial charge in [-0.2, -0.15) is 0 Å². The van der Waals surface area contributed by atoms with Gasteiger partial charge in [0.05, 0.1) is 0 Å². The maximum atomic E-state index is 7.58. The van der Waals surface area contributed by atoms with Crippen LogP contribution in [0.3, 0.4) is 0 Å². The molecule has 0 bridgehead atoms. The lowest BCUT2D eigenvalue weighted by molar-refractivity contribution is 0.466. The van der Waals surface area contributed by atoms with Crippen molar-refractivity contribution in [3.8, 4) is 46.0 Å². The normalized spacial score (nSPS) is 14.2. The van der Waals surface area contributed by atoms with Gasteiger partial charge in [-0.3, -0.25) is 0 Å². The highest BCUT2D eigenvalue weighted by Crippen LogP contribution is 2.50. The smallest absolute Gasteiger partial charge is 0.261 e. The van der Waals surface area contributed by atoms with Gasteiger partial charge in [0.15, 0.2) is 0 Å². The zero-order chi connectivity index (χ0) is 47.0. The van der Waals surface area contributed by atoms with Crippen LogP contribution in [-0.2, 0) is 0 Å². The fourth-order valence-corrected chi connectivity index (χ4v) is 13.3. The van der Waals surface area contributed by atoms with Crippen LogP contribution in [0.15, 0.2) is 146 Å². The van der Waals surface area contributed by atoms with Crippen molar-refractivity contribution in [3.63, 3.8) is 0 Å². The van der Waals surface area contributed by atoms with Gasteiger partial charge in [-0.1, -0.05) is 72.8 Å². The molecule has 9 aromatic carbocycles. The average molecular weight is 902 g/mol. The summed E-state index contributed by atoms with van der Waals surface area (Å²) in [6.45, 7) is 15.1. The van der Waals surface area contributed by atoms with E-state index < -0.39 is 0 Å². The molecule has 6 heterocycles. The number of hydrogen-bond acceptors (Lipinski definition) is 6. The molecule has 70 heavy (non-hydrogen) atoms. The molecule has 0 amide bonds. The Morgan fingerprint density at radius 1 is 0.314 bits per heavy atom. The van der Waals surface area contributed by atoms with Crippen molar-refractivity contribution in [3.05, 3.63) is 185 Å². The molecule has 6 nitrogen and oxygen atoms in total. The molecule has 0 saturated heterocycles. The molecular formula is C61H45B3N2O4. The summed E-state index contributed by atoms with van der Waals surface area (Å²) in [6.07, 6.45) is 0. The third-order valence-corrected chi connectivity index (χ3v) is 15.6. The Balaban J connectivity index is 1.12. The second kappa shape index (κ2) is 14.0. The topological polar surface area (TPSA) is 43.4 Å². The molecule has 0 unspecified atom stereocenters. The molecule has 6 aliphatic heterocycles. The second-order valence-electron chi connectivity index (χ2n) is 20.4. The van der Waals surface area contributed by atoms with Gasteiger partial charge in [0.1, 0.15) is 46.0 Å². The summed E-state index contributed by atoms with van der Waals surface area (Å²) in [5.41, 5.74) is 25.4. The molecule has 15 rings (SSSR count). The zero-order valence-electron chi connectivity index (χ0n) is 40.1. The number of ether oxygens (including phenoxy) is 4. The second-order valence-corrected chi connectivity index (χ2v) is 20.4. The predicted octanol–water partition coefficient (Wildman–Crippen LogP) is 9.38. The van der Waals surface area contributed by atoms with Crippen molar-refractivity contribution < 1.29 is 18.9 Å². The Bertz CT molecular complexity index is 3600. The minimum absolute atomic E-state index is 0.112. The molecule has 0 fully saturated rings. The molecule has 0 radical (unpaired) electrons. The van der Waals surface area contributed by atoms with E-state index in [9.17, 15) is 0 Å². The molecule has 6 aliphatic rings. The van der Waals surface area contributed by atoms with Gasteiger partial charge in [0, 0.05) is 45.0 Å². The van der Waals surface area contributed by atoms with Crippen LogP contribution in [0.25, 0.3) is 0 Å². The Kier molecular flexibility index (Phi) is 8.01. The monoisotopic (exact) mass is 902 g/mol. The molecule has 0 aliphatic carbocycles. The molecular weight excluding hydrogens is 857 g/mol. The quantitative estimate of drug-likeness (QED) is 0.161. The predicted molar refractivity (Wildman–Crippen MR) is 289 cm³/mol. The molecule has 0 N–H and O–H groups in total. The van der Waals surface area contributed by atoms with Crippen molar-refractivity contribution in [2.75, 3.05) is 9.80 Å². The molecule has 332 valence electrons. The van der Waals surface area contributed by atoms with Crippen molar-refractivity contribution in [1.82, 2.24) is 0 Å². The highest BCUT2D eigenvalue weighted by atomic mass is 16.5. The van der Waals surface area contributed by atoms with Crippen LogP contribution in [0.5, 0.6) is 46.0 Å². The minimum Gasteiger partial charge on any atom is -0.459 e. The number of anilines is 6. The molecule has 0 spiro atoms. The number of hydrogen-bond donors (Lipinski definition) is 0. The first-order valence-electron chi connectivity index (χ1n) is 24.5. The SMILES string of the molecule is Cc1cc(C)cc(N2c3cc(C)cc4c3B(c3c5c(cc(C)c32)B2c3ccccc3Oc3cccc(c32)O5)c2c3c(cc(C)c2N4c2cc(C)cc(C)c2)B2c4ccccc4Oc4cccc(c42)O3)c1. The number of para-hydroxylation sites is 2. The summed E-state index contributed by atoms with van der Waals surface area (Å²) in [5.74, 6) is 6.84. The number of aryl methyl sites for hydroxylation is 7. The number of fused-ring (bicyclic) bond motifs is 14. The third-order valence-electron chi connectivity index (χ3n) is 15.6. The Labute approximate surface area is 409 Å². The first-order chi connectivity index (χ1) is 34.1. The Morgan fingerprint density at radius 2 is 0.686 bits per heavy atom. The van der Waals surface area contributed by atoms with Gasteiger partial charge in [0.2, 0.25) is 0 Å². The highest BCUT2D eigenvalue weighted by molar-refractivity contribution is 7.05. The first kappa shape index (κ1) is 39.9. The largest absolute Gasteiger partial charge is 0.459 e. The molecule has 9 heteroatoms. The Hall–Kier alpha value is -8.03. The van der Waals surface area contributed by atoms with E-state index in [0.717, 1.165) is 124 Å². The van der Waals surface area contributed by atoms with Crippen LogP contribution in [0.2, 0.25) is 0 Å². The van der Waals surface area contributed by atoms with Crippen molar-refractivity contribution in [2.45, 2.75) is 48.5 Å². The summed E-state index contributed by atoms with van der Waals surface area (Å²) < 4.78 is 28.5. The van der Waals surface area contributed by atoms with Crippen molar-refractivity contribution in [2.24, 2.45) is 0 Å². The third kappa shape index (κ3) is 5.32. The number of benzene rings is 9. The zero-order valence-corrected chi connectivity index (χ0v) is 40.1. The van der Waals surface area contributed by atoms with Gasteiger partial charge in [-0.25, -0.2) is 0 Å². The maximum Gasteiger partial charge on any atom is 0.261 e.